The predicted octanol–water partition coefficient (Wildman–Crippen LogP) is 0.993. The third-order valence-corrected chi connectivity index (χ3v) is 6.18. The number of anilines is 1. The smallest absolute Gasteiger partial charge is 0.254 e. The van der Waals surface area contributed by atoms with Crippen molar-refractivity contribution in [1.29, 1.82) is 0 Å². The highest BCUT2D eigenvalue weighted by atomic mass is 32.2. The fraction of sp³-hybridized carbons (Fsp3) is 0.238. The third kappa shape index (κ3) is 4.62. The van der Waals surface area contributed by atoms with Crippen molar-refractivity contribution >= 4 is 35.2 Å². The zero-order valence-corrected chi connectivity index (χ0v) is 18.1. The third-order valence-electron chi connectivity index (χ3n) is 5.17. The number of thioether (sulfide) groups is 1. The number of amides is 3. The van der Waals surface area contributed by atoms with Crippen molar-refractivity contribution in [3.8, 4) is 0 Å². The summed E-state index contributed by atoms with van der Waals surface area (Å²) in [6.07, 6.45) is 0.393. The summed E-state index contributed by atoms with van der Waals surface area (Å²) in [7, 11) is 1.69. The van der Waals surface area contributed by atoms with Gasteiger partial charge in [0.1, 0.15) is 6.04 Å². The van der Waals surface area contributed by atoms with Crippen LogP contribution in [-0.4, -0.2) is 54.6 Å². The molecule has 2 heterocycles. The van der Waals surface area contributed by atoms with Crippen molar-refractivity contribution in [3.63, 3.8) is 0 Å². The van der Waals surface area contributed by atoms with Crippen LogP contribution in [0, 0.1) is 0 Å². The van der Waals surface area contributed by atoms with E-state index in [9.17, 15) is 14.4 Å². The van der Waals surface area contributed by atoms with Crippen LogP contribution < -0.4 is 11.1 Å². The highest BCUT2D eigenvalue weighted by molar-refractivity contribution is 7.99. The predicted molar refractivity (Wildman–Crippen MR) is 118 cm³/mol. The lowest BCUT2D eigenvalue weighted by Gasteiger charge is -2.35. The fourth-order valence-corrected chi connectivity index (χ4v) is 4.17. The molecule has 0 saturated carbocycles. The van der Waals surface area contributed by atoms with Crippen LogP contribution in [0.1, 0.15) is 21.5 Å². The summed E-state index contributed by atoms with van der Waals surface area (Å²) in [6, 6.07) is 13.5. The minimum absolute atomic E-state index is 0.141. The number of primary amides is 1. The molecule has 0 bridgehead atoms. The number of hydrogen-bond acceptors (Lipinski definition) is 7. The lowest BCUT2D eigenvalue weighted by atomic mass is 9.93. The molecule has 0 aliphatic carbocycles. The van der Waals surface area contributed by atoms with Gasteiger partial charge in [-0.3, -0.25) is 14.4 Å². The molecular weight excluding hydrogens is 430 g/mol. The van der Waals surface area contributed by atoms with Gasteiger partial charge in [0, 0.05) is 31.3 Å². The van der Waals surface area contributed by atoms with Crippen LogP contribution in [0.25, 0.3) is 0 Å². The van der Waals surface area contributed by atoms with Crippen molar-refractivity contribution in [2.24, 2.45) is 12.8 Å². The molecule has 3 amide bonds. The summed E-state index contributed by atoms with van der Waals surface area (Å²) in [5.74, 6) is -0.903. The monoisotopic (exact) mass is 451 g/mol. The number of tetrazole rings is 1. The molecule has 10 nitrogen and oxygen atoms in total. The largest absolute Gasteiger partial charge is 0.368 e. The molecule has 0 fully saturated rings. The normalized spacial score (nSPS) is 15.2. The lowest BCUT2D eigenvalue weighted by molar-refractivity contribution is -0.123. The Morgan fingerprint density at radius 2 is 1.84 bits per heavy atom. The summed E-state index contributed by atoms with van der Waals surface area (Å²) in [6.45, 7) is 0.315. The molecule has 0 radical (unpaired) electrons. The van der Waals surface area contributed by atoms with Crippen LogP contribution in [0.5, 0.6) is 0 Å². The van der Waals surface area contributed by atoms with Crippen molar-refractivity contribution < 1.29 is 14.4 Å². The highest BCUT2D eigenvalue weighted by Crippen LogP contribution is 2.25. The van der Waals surface area contributed by atoms with Gasteiger partial charge in [-0.05, 0) is 45.8 Å². The Hall–Kier alpha value is -3.73. The number of aromatic nitrogens is 4. The van der Waals surface area contributed by atoms with Crippen molar-refractivity contribution in [2.75, 3.05) is 11.1 Å². The van der Waals surface area contributed by atoms with Crippen LogP contribution in [0.2, 0.25) is 0 Å². The maximum Gasteiger partial charge on any atom is 0.254 e. The number of benzene rings is 2. The molecule has 1 aliphatic rings. The minimum Gasteiger partial charge on any atom is -0.368 e. The Morgan fingerprint density at radius 1 is 1.12 bits per heavy atom. The van der Waals surface area contributed by atoms with E-state index in [1.54, 1.807) is 31.3 Å². The van der Waals surface area contributed by atoms with Crippen molar-refractivity contribution in [1.82, 2.24) is 25.1 Å². The number of aryl methyl sites for hydroxylation is 1. The molecule has 4 rings (SSSR count). The van der Waals surface area contributed by atoms with Gasteiger partial charge in [-0.1, -0.05) is 36.0 Å². The second kappa shape index (κ2) is 9.18. The van der Waals surface area contributed by atoms with E-state index >= 15 is 0 Å². The van der Waals surface area contributed by atoms with E-state index in [1.807, 2.05) is 24.3 Å². The van der Waals surface area contributed by atoms with E-state index in [-0.39, 0.29) is 17.6 Å². The van der Waals surface area contributed by atoms with E-state index in [1.165, 1.54) is 21.3 Å². The van der Waals surface area contributed by atoms with Crippen LogP contribution in [0.4, 0.5) is 5.69 Å². The first kappa shape index (κ1) is 21.5. The van der Waals surface area contributed by atoms with E-state index in [0.717, 1.165) is 11.1 Å². The number of hydrogen-bond donors (Lipinski definition) is 2. The van der Waals surface area contributed by atoms with E-state index in [2.05, 4.69) is 20.8 Å². The molecule has 1 unspecified atom stereocenters. The Balaban J connectivity index is 1.41. The van der Waals surface area contributed by atoms with Crippen molar-refractivity contribution in [2.45, 2.75) is 24.2 Å². The molecular formula is C21H21N7O3S. The fourth-order valence-electron chi connectivity index (χ4n) is 3.52. The van der Waals surface area contributed by atoms with Gasteiger partial charge < -0.3 is 16.0 Å². The summed E-state index contributed by atoms with van der Waals surface area (Å²) < 4.78 is 1.48. The van der Waals surface area contributed by atoms with Gasteiger partial charge in [0.05, 0.1) is 5.75 Å². The molecule has 0 spiro atoms. The molecule has 3 aromatic rings. The molecule has 3 N–H and O–H groups in total. The van der Waals surface area contributed by atoms with Crippen LogP contribution in [0.15, 0.2) is 53.7 Å². The van der Waals surface area contributed by atoms with E-state index < -0.39 is 11.9 Å². The van der Waals surface area contributed by atoms with Crippen LogP contribution >= 0.6 is 11.8 Å². The number of carbonyl (C=O) groups is 3. The molecule has 0 saturated heterocycles. The summed E-state index contributed by atoms with van der Waals surface area (Å²) in [5, 5.41) is 14.4. The number of fused-ring (bicyclic) bond motifs is 1. The highest BCUT2D eigenvalue weighted by Gasteiger charge is 2.33. The molecule has 1 aliphatic heterocycles. The Morgan fingerprint density at radius 3 is 2.50 bits per heavy atom. The first-order valence-electron chi connectivity index (χ1n) is 9.84. The summed E-state index contributed by atoms with van der Waals surface area (Å²) >= 11 is 1.22. The van der Waals surface area contributed by atoms with Crippen molar-refractivity contribution in [3.05, 3.63) is 65.2 Å². The molecule has 32 heavy (non-hydrogen) atoms. The second-order valence-corrected chi connectivity index (χ2v) is 8.27. The molecule has 11 heteroatoms. The first-order chi connectivity index (χ1) is 15.4. The number of rotatable bonds is 6. The second-order valence-electron chi connectivity index (χ2n) is 7.32. The summed E-state index contributed by atoms with van der Waals surface area (Å²) in [5.41, 5.74) is 8.57. The maximum atomic E-state index is 13.1. The van der Waals surface area contributed by atoms with E-state index in [4.69, 9.17) is 5.73 Å². The molecule has 1 aromatic heterocycles. The Kier molecular flexibility index (Phi) is 6.17. The molecule has 2 aromatic carbocycles. The SMILES string of the molecule is Cn1nnnc1SCC(=O)Nc1ccc(C(=O)N2Cc3ccccc3CC2C(N)=O)cc1. The number of nitrogens with zero attached hydrogens (tertiary/aromatic N) is 5. The Labute approximate surface area is 188 Å². The van der Waals surface area contributed by atoms with Gasteiger partial charge in [0.15, 0.2) is 0 Å². The van der Waals surface area contributed by atoms with Gasteiger partial charge in [-0.2, -0.15) is 0 Å². The van der Waals surface area contributed by atoms with Gasteiger partial charge in [-0.25, -0.2) is 4.68 Å². The van der Waals surface area contributed by atoms with E-state index in [0.29, 0.717) is 29.4 Å². The minimum atomic E-state index is -0.705. The molecule has 164 valence electrons. The van der Waals surface area contributed by atoms with Gasteiger partial charge in [0.25, 0.3) is 5.91 Å². The van der Waals surface area contributed by atoms with Gasteiger partial charge in [0.2, 0.25) is 17.0 Å². The van der Waals surface area contributed by atoms with Gasteiger partial charge >= 0.3 is 0 Å². The van der Waals surface area contributed by atoms with Crippen LogP contribution in [-0.2, 0) is 29.6 Å². The quantitative estimate of drug-likeness (QED) is 0.534. The maximum absolute atomic E-state index is 13.1. The molecule has 1 atom stereocenters. The van der Waals surface area contributed by atoms with Crippen LogP contribution in [0.3, 0.4) is 0 Å². The number of nitrogens with two attached hydrogens (primary N) is 1. The number of carbonyl (C=O) groups excluding carboxylic acids is 3. The number of nitrogens with one attached hydrogen (secondary N) is 1. The topological polar surface area (TPSA) is 136 Å². The first-order valence-corrected chi connectivity index (χ1v) is 10.8. The lowest BCUT2D eigenvalue weighted by Crippen LogP contribution is -2.51. The summed E-state index contributed by atoms with van der Waals surface area (Å²) in [4.78, 5) is 38.8. The average molecular weight is 452 g/mol. The zero-order chi connectivity index (χ0) is 22.7. The average Bonchev–Trinajstić information content (AvgIpc) is 3.21. The Bertz CT molecular complexity index is 1160. The standard InChI is InChI=1S/C21H21N7O3S/c1-27-21(24-25-26-27)32-12-18(29)23-16-8-6-13(7-9-16)20(31)28-11-15-5-3-2-4-14(15)10-17(28)19(22)30/h2-9,17H,10-12H2,1H3,(H2,22,30)(H,23,29). The zero-order valence-electron chi connectivity index (χ0n) is 17.3. The van der Waals surface area contributed by atoms with Gasteiger partial charge in [-0.15, -0.1) is 5.10 Å².